The molecule has 3 heteroatoms. The van der Waals surface area contributed by atoms with Crippen LogP contribution in [0.2, 0.25) is 0 Å². The number of hydrogen-bond donors (Lipinski definition) is 2. The number of benzene rings is 2. The third kappa shape index (κ3) is 2.16. The van der Waals surface area contributed by atoms with E-state index in [2.05, 4.69) is 66.4 Å². The van der Waals surface area contributed by atoms with Crippen molar-refractivity contribution in [2.45, 2.75) is 27.2 Å². The van der Waals surface area contributed by atoms with Gasteiger partial charge in [-0.05, 0) is 43.0 Å². The summed E-state index contributed by atoms with van der Waals surface area (Å²) in [6.45, 7) is 6.37. The molecular weight excluding hydrogens is 246 g/mol. The van der Waals surface area contributed by atoms with Gasteiger partial charge in [-0.1, -0.05) is 37.3 Å². The van der Waals surface area contributed by atoms with Crippen LogP contribution in [0, 0.1) is 13.8 Å². The number of aryl methyl sites for hydroxylation is 3. The molecule has 0 atom stereocenters. The summed E-state index contributed by atoms with van der Waals surface area (Å²) in [5.74, 6) is 0.804. The molecule has 1 aromatic heterocycles. The molecule has 0 unspecified atom stereocenters. The highest BCUT2D eigenvalue weighted by atomic mass is 15.1. The fraction of sp³-hybridized carbons (Fsp3) is 0.235. The van der Waals surface area contributed by atoms with Crippen molar-refractivity contribution in [3.63, 3.8) is 0 Å². The molecule has 0 aliphatic rings. The number of rotatable bonds is 3. The van der Waals surface area contributed by atoms with E-state index in [9.17, 15) is 0 Å². The van der Waals surface area contributed by atoms with Gasteiger partial charge in [-0.3, -0.25) is 0 Å². The van der Waals surface area contributed by atoms with Crippen molar-refractivity contribution in [2.75, 3.05) is 5.32 Å². The largest absolute Gasteiger partial charge is 0.325 e. The van der Waals surface area contributed by atoms with Crippen molar-refractivity contribution >= 4 is 22.7 Å². The summed E-state index contributed by atoms with van der Waals surface area (Å²) in [6.07, 6.45) is 1.00. The first kappa shape index (κ1) is 12.7. The number of aromatic nitrogens is 2. The molecular formula is C17H19N3. The van der Waals surface area contributed by atoms with Crippen molar-refractivity contribution in [3.05, 3.63) is 53.1 Å². The Hall–Kier alpha value is -2.29. The molecule has 20 heavy (non-hydrogen) atoms. The van der Waals surface area contributed by atoms with Gasteiger partial charge in [0.2, 0.25) is 5.95 Å². The SMILES string of the molecule is CCc1cccc(C)c1Nc1nc2c(C)cccc2[nH]1. The first-order valence-corrected chi connectivity index (χ1v) is 7.00. The number of H-pyrrole nitrogens is 1. The Morgan fingerprint density at radius 2 is 1.80 bits per heavy atom. The van der Waals surface area contributed by atoms with Gasteiger partial charge in [-0.25, -0.2) is 4.98 Å². The highest BCUT2D eigenvalue weighted by Crippen LogP contribution is 2.26. The van der Waals surface area contributed by atoms with Gasteiger partial charge in [0.25, 0.3) is 0 Å². The van der Waals surface area contributed by atoms with Crippen LogP contribution in [0.5, 0.6) is 0 Å². The van der Waals surface area contributed by atoms with E-state index in [4.69, 9.17) is 0 Å². The van der Waals surface area contributed by atoms with Gasteiger partial charge < -0.3 is 10.3 Å². The van der Waals surface area contributed by atoms with Crippen LogP contribution in [0.4, 0.5) is 11.6 Å². The van der Waals surface area contributed by atoms with Crippen molar-refractivity contribution in [2.24, 2.45) is 0 Å². The molecule has 0 saturated carbocycles. The topological polar surface area (TPSA) is 40.7 Å². The lowest BCUT2D eigenvalue weighted by Crippen LogP contribution is -1.99. The number of para-hydroxylation sites is 2. The first-order chi connectivity index (χ1) is 9.69. The number of hydrogen-bond acceptors (Lipinski definition) is 2. The Morgan fingerprint density at radius 1 is 1.05 bits per heavy atom. The van der Waals surface area contributed by atoms with E-state index in [1.807, 2.05) is 6.07 Å². The summed E-state index contributed by atoms with van der Waals surface area (Å²) < 4.78 is 0. The Morgan fingerprint density at radius 3 is 2.55 bits per heavy atom. The molecule has 0 spiro atoms. The van der Waals surface area contributed by atoms with Gasteiger partial charge >= 0.3 is 0 Å². The maximum Gasteiger partial charge on any atom is 0.205 e. The second kappa shape index (κ2) is 5.00. The Kier molecular flexibility index (Phi) is 3.18. The molecule has 0 radical (unpaired) electrons. The van der Waals surface area contributed by atoms with Crippen LogP contribution in [0.15, 0.2) is 36.4 Å². The minimum atomic E-state index is 0.804. The fourth-order valence-electron chi connectivity index (χ4n) is 2.56. The smallest absolute Gasteiger partial charge is 0.205 e. The van der Waals surface area contributed by atoms with E-state index >= 15 is 0 Å². The van der Waals surface area contributed by atoms with Crippen molar-refractivity contribution in [3.8, 4) is 0 Å². The van der Waals surface area contributed by atoms with Crippen LogP contribution < -0.4 is 5.32 Å². The zero-order valence-corrected chi connectivity index (χ0v) is 12.1. The lowest BCUT2D eigenvalue weighted by molar-refractivity contribution is 1.13. The van der Waals surface area contributed by atoms with Crippen LogP contribution in [0.3, 0.4) is 0 Å². The molecule has 102 valence electrons. The molecule has 2 aromatic carbocycles. The Labute approximate surface area is 119 Å². The summed E-state index contributed by atoms with van der Waals surface area (Å²) in [5.41, 5.74) is 6.99. The lowest BCUT2D eigenvalue weighted by Gasteiger charge is -2.11. The monoisotopic (exact) mass is 265 g/mol. The summed E-state index contributed by atoms with van der Waals surface area (Å²) in [5, 5.41) is 3.44. The molecule has 0 amide bonds. The summed E-state index contributed by atoms with van der Waals surface area (Å²) in [7, 11) is 0. The van der Waals surface area contributed by atoms with Crippen LogP contribution in [0.25, 0.3) is 11.0 Å². The van der Waals surface area contributed by atoms with E-state index in [-0.39, 0.29) is 0 Å². The predicted octanol–water partition coefficient (Wildman–Crippen LogP) is 4.49. The van der Waals surface area contributed by atoms with Gasteiger partial charge in [-0.15, -0.1) is 0 Å². The van der Waals surface area contributed by atoms with Crippen molar-refractivity contribution < 1.29 is 0 Å². The number of aromatic amines is 1. The van der Waals surface area contributed by atoms with E-state index in [0.29, 0.717) is 0 Å². The molecule has 2 N–H and O–H groups in total. The molecule has 0 aliphatic heterocycles. The van der Waals surface area contributed by atoms with Gasteiger partial charge in [-0.2, -0.15) is 0 Å². The van der Waals surface area contributed by atoms with Crippen LogP contribution in [-0.4, -0.2) is 9.97 Å². The first-order valence-electron chi connectivity index (χ1n) is 7.00. The minimum Gasteiger partial charge on any atom is -0.325 e. The Balaban J connectivity index is 2.03. The van der Waals surface area contributed by atoms with E-state index in [1.165, 1.54) is 16.7 Å². The summed E-state index contributed by atoms with van der Waals surface area (Å²) >= 11 is 0. The lowest BCUT2D eigenvalue weighted by atomic mass is 10.1. The highest BCUT2D eigenvalue weighted by molar-refractivity contribution is 5.81. The number of anilines is 2. The fourth-order valence-corrected chi connectivity index (χ4v) is 2.56. The van der Waals surface area contributed by atoms with Crippen LogP contribution in [0.1, 0.15) is 23.6 Å². The summed E-state index contributed by atoms with van der Waals surface area (Å²) in [4.78, 5) is 8.00. The average molecular weight is 265 g/mol. The minimum absolute atomic E-state index is 0.804. The second-order valence-electron chi connectivity index (χ2n) is 5.14. The van der Waals surface area contributed by atoms with Gasteiger partial charge in [0.1, 0.15) is 0 Å². The van der Waals surface area contributed by atoms with E-state index in [0.717, 1.165) is 29.1 Å². The molecule has 3 aromatic rings. The molecule has 3 nitrogen and oxygen atoms in total. The highest BCUT2D eigenvalue weighted by Gasteiger charge is 2.08. The molecule has 0 aliphatic carbocycles. The molecule has 0 bridgehead atoms. The van der Waals surface area contributed by atoms with Crippen LogP contribution in [-0.2, 0) is 6.42 Å². The maximum atomic E-state index is 4.66. The van der Waals surface area contributed by atoms with Crippen molar-refractivity contribution in [1.29, 1.82) is 0 Å². The predicted molar refractivity (Wildman–Crippen MR) is 84.7 cm³/mol. The number of nitrogens with one attached hydrogen (secondary N) is 2. The third-order valence-corrected chi connectivity index (χ3v) is 3.70. The number of imidazole rings is 1. The molecule has 0 saturated heterocycles. The third-order valence-electron chi connectivity index (χ3n) is 3.70. The van der Waals surface area contributed by atoms with Gasteiger partial charge in [0, 0.05) is 5.69 Å². The van der Waals surface area contributed by atoms with Crippen molar-refractivity contribution in [1.82, 2.24) is 9.97 Å². The zero-order chi connectivity index (χ0) is 14.1. The second-order valence-corrected chi connectivity index (χ2v) is 5.14. The average Bonchev–Trinajstić information content (AvgIpc) is 2.85. The van der Waals surface area contributed by atoms with Gasteiger partial charge in [0.15, 0.2) is 0 Å². The quantitative estimate of drug-likeness (QED) is 0.732. The maximum absolute atomic E-state index is 4.66. The number of fused-ring (bicyclic) bond motifs is 1. The molecule has 0 fully saturated rings. The molecule has 3 rings (SSSR count). The number of nitrogens with zero attached hydrogens (tertiary/aromatic N) is 1. The standard InChI is InChI=1S/C17H19N3/c1-4-13-9-5-7-11(2)15(13)19-17-18-14-10-6-8-12(3)16(14)20-17/h5-10H,4H2,1-3H3,(H2,18,19,20). The summed E-state index contributed by atoms with van der Waals surface area (Å²) in [6, 6.07) is 12.6. The zero-order valence-electron chi connectivity index (χ0n) is 12.1. The van der Waals surface area contributed by atoms with E-state index < -0.39 is 0 Å². The normalized spacial score (nSPS) is 10.9. The van der Waals surface area contributed by atoms with Gasteiger partial charge in [0.05, 0.1) is 11.0 Å². The Bertz CT molecular complexity index is 756. The van der Waals surface area contributed by atoms with E-state index in [1.54, 1.807) is 0 Å². The molecule has 1 heterocycles. The van der Waals surface area contributed by atoms with Crippen LogP contribution >= 0.6 is 0 Å².